The highest BCUT2D eigenvalue weighted by atomic mass is 79.9. The number of methoxy groups -OCH3 is 1. The van der Waals surface area contributed by atoms with E-state index in [1.807, 2.05) is 6.07 Å². The minimum atomic E-state index is -0.135. The van der Waals surface area contributed by atoms with Gasteiger partial charge >= 0.3 is 0 Å². The Morgan fingerprint density at radius 3 is 3.06 bits per heavy atom. The average molecular weight is 288 g/mol. The molecule has 88 valence electrons. The zero-order chi connectivity index (χ0) is 11.5. The van der Waals surface area contributed by atoms with Crippen molar-refractivity contribution in [2.45, 2.75) is 19.1 Å². The van der Waals surface area contributed by atoms with Crippen molar-refractivity contribution in [3.05, 3.63) is 34.1 Å². The lowest BCUT2D eigenvalue weighted by Crippen LogP contribution is -2.22. The maximum Gasteiger partial charge on any atom is 0.127 e. The largest absolute Gasteiger partial charge is 0.380 e. The molecule has 1 saturated heterocycles. The van der Waals surface area contributed by atoms with E-state index < -0.39 is 0 Å². The van der Waals surface area contributed by atoms with Gasteiger partial charge in [-0.3, -0.25) is 4.90 Å². The Labute approximate surface area is 104 Å². The van der Waals surface area contributed by atoms with Crippen LogP contribution in [-0.2, 0) is 11.3 Å². The minimum Gasteiger partial charge on any atom is -0.380 e. The molecule has 1 aliphatic heterocycles. The predicted molar refractivity (Wildman–Crippen MR) is 64.8 cm³/mol. The number of ether oxygens (including phenoxy) is 1. The zero-order valence-electron chi connectivity index (χ0n) is 9.25. The summed E-state index contributed by atoms with van der Waals surface area (Å²) in [6.45, 7) is 2.53. The lowest BCUT2D eigenvalue weighted by atomic mass is 10.2. The lowest BCUT2D eigenvalue weighted by molar-refractivity contribution is 0.107. The molecule has 16 heavy (non-hydrogen) atoms. The Bertz CT molecular complexity index is 372. The summed E-state index contributed by atoms with van der Waals surface area (Å²) in [5.41, 5.74) is 0.742. The highest BCUT2D eigenvalue weighted by Gasteiger charge is 2.22. The third-order valence-corrected chi connectivity index (χ3v) is 3.46. The monoisotopic (exact) mass is 287 g/mol. The van der Waals surface area contributed by atoms with Gasteiger partial charge in [0.25, 0.3) is 0 Å². The van der Waals surface area contributed by atoms with E-state index in [0.29, 0.717) is 12.6 Å². The van der Waals surface area contributed by atoms with Crippen molar-refractivity contribution in [3.63, 3.8) is 0 Å². The molecule has 0 radical (unpaired) electrons. The molecule has 1 fully saturated rings. The van der Waals surface area contributed by atoms with Gasteiger partial charge in [-0.1, -0.05) is 15.9 Å². The molecule has 1 atom stereocenters. The van der Waals surface area contributed by atoms with Crippen molar-refractivity contribution >= 4 is 15.9 Å². The third kappa shape index (κ3) is 2.81. The maximum atomic E-state index is 13.5. The van der Waals surface area contributed by atoms with Crippen LogP contribution in [0.25, 0.3) is 0 Å². The van der Waals surface area contributed by atoms with E-state index in [0.717, 1.165) is 29.5 Å². The standard InChI is InChI=1S/C12H15BrFNO/c1-16-11-4-5-15(8-11)7-9-6-10(13)2-3-12(9)14/h2-3,6,11H,4-5,7-8H2,1H3/t11-/m0/s1. The number of hydrogen-bond donors (Lipinski definition) is 0. The molecule has 0 saturated carbocycles. The van der Waals surface area contributed by atoms with Gasteiger partial charge in [0.05, 0.1) is 6.10 Å². The van der Waals surface area contributed by atoms with E-state index in [-0.39, 0.29) is 5.82 Å². The molecule has 1 heterocycles. The van der Waals surface area contributed by atoms with E-state index in [9.17, 15) is 4.39 Å². The Balaban J connectivity index is 2.01. The second-order valence-corrected chi connectivity index (χ2v) is 5.03. The molecule has 2 rings (SSSR count). The molecule has 0 unspecified atom stereocenters. The van der Waals surface area contributed by atoms with Crippen molar-refractivity contribution in [1.29, 1.82) is 0 Å². The first-order valence-electron chi connectivity index (χ1n) is 5.38. The summed E-state index contributed by atoms with van der Waals surface area (Å²) in [6.07, 6.45) is 1.33. The van der Waals surface area contributed by atoms with E-state index in [1.165, 1.54) is 6.07 Å². The first kappa shape index (κ1) is 12.0. The summed E-state index contributed by atoms with van der Waals surface area (Å²) in [5, 5.41) is 0. The van der Waals surface area contributed by atoms with E-state index >= 15 is 0 Å². The SMILES string of the molecule is CO[C@H]1CCN(Cc2cc(Br)ccc2F)C1. The van der Waals surface area contributed by atoms with E-state index in [1.54, 1.807) is 13.2 Å². The number of hydrogen-bond acceptors (Lipinski definition) is 2. The Kier molecular flexibility index (Phi) is 3.95. The van der Waals surface area contributed by atoms with Crippen molar-refractivity contribution in [2.75, 3.05) is 20.2 Å². The summed E-state index contributed by atoms with van der Waals surface area (Å²) < 4.78 is 19.7. The zero-order valence-corrected chi connectivity index (χ0v) is 10.8. The second kappa shape index (κ2) is 5.25. The van der Waals surface area contributed by atoms with E-state index in [2.05, 4.69) is 20.8 Å². The first-order chi connectivity index (χ1) is 7.69. The van der Waals surface area contributed by atoms with Gasteiger partial charge in [-0.2, -0.15) is 0 Å². The number of nitrogens with zero attached hydrogens (tertiary/aromatic N) is 1. The summed E-state index contributed by atoms with van der Waals surface area (Å²) in [5.74, 6) is -0.135. The van der Waals surface area contributed by atoms with Gasteiger partial charge in [-0.15, -0.1) is 0 Å². The van der Waals surface area contributed by atoms with Crippen LogP contribution < -0.4 is 0 Å². The molecule has 0 aromatic heterocycles. The molecule has 0 N–H and O–H groups in total. The molecule has 0 bridgehead atoms. The average Bonchev–Trinajstić information content (AvgIpc) is 2.71. The molecular formula is C12H15BrFNO. The Hall–Kier alpha value is -0.450. The number of likely N-dealkylation sites (tertiary alicyclic amines) is 1. The smallest absolute Gasteiger partial charge is 0.127 e. The third-order valence-electron chi connectivity index (χ3n) is 2.96. The van der Waals surface area contributed by atoms with Gasteiger partial charge in [0.15, 0.2) is 0 Å². The molecule has 2 nitrogen and oxygen atoms in total. The fraction of sp³-hybridized carbons (Fsp3) is 0.500. The van der Waals surface area contributed by atoms with Crippen molar-refractivity contribution in [1.82, 2.24) is 4.90 Å². The van der Waals surface area contributed by atoms with E-state index in [4.69, 9.17) is 4.74 Å². The van der Waals surface area contributed by atoms with Crippen LogP contribution in [0, 0.1) is 5.82 Å². The lowest BCUT2D eigenvalue weighted by Gasteiger charge is -2.16. The molecule has 0 spiro atoms. The van der Waals surface area contributed by atoms with Gasteiger partial charge in [0, 0.05) is 36.8 Å². The van der Waals surface area contributed by atoms with Crippen LogP contribution in [-0.4, -0.2) is 31.2 Å². The van der Waals surface area contributed by atoms with Crippen molar-refractivity contribution in [2.24, 2.45) is 0 Å². The second-order valence-electron chi connectivity index (χ2n) is 4.12. The highest BCUT2D eigenvalue weighted by molar-refractivity contribution is 9.10. The molecule has 1 aliphatic rings. The van der Waals surface area contributed by atoms with Gasteiger partial charge < -0.3 is 4.74 Å². The minimum absolute atomic E-state index is 0.135. The molecule has 1 aromatic rings. The molecule has 0 amide bonds. The van der Waals surface area contributed by atoms with Crippen LogP contribution in [0.5, 0.6) is 0 Å². The number of benzene rings is 1. The Morgan fingerprint density at radius 1 is 1.56 bits per heavy atom. The summed E-state index contributed by atoms with van der Waals surface area (Å²) in [7, 11) is 1.73. The van der Waals surface area contributed by atoms with Crippen molar-refractivity contribution in [3.8, 4) is 0 Å². The van der Waals surface area contributed by atoms with Crippen LogP contribution in [0.1, 0.15) is 12.0 Å². The van der Waals surface area contributed by atoms with Crippen LogP contribution in [0.4, 0.5) is 4.39 Å². The fourth-order valence-electron chi connectivity index (χ4n) is 2.04. The maximum absolute atomic E-state index is 13.5. The molecule has 4 heteroatoms. The first-order valence-corrected chi connectivity index (χ1v) is 6.17. The predicted octanol–water partition coefficient (Wildman–Crippen LogP) is 2.81. The van der Waals surface area contributed by atoms with Gasteiger partial charge in [-0.05, 0) is 24.6 Å². The number of rotatable bonds is 3. The van der Waals surface area contributed by atoms with Crippen LogP contribution in [0.2, 0.25) is 0 Å². The van der Waals surface area contributed by atoms with Crippen molar-refractivity contribution < 1.29 is 9.13 Å². The number of halogens is 2. The summed E-state index contributed by atoms with van der Waals surface area (Å²) in [6, 6.07) is 5.07. The topological polar surface area (TPSA) is 12.5 Å². The van der Waals surface area contributed by atoms with Crippen LogP contribution in [0.3, 0.4) is 0 Å². The van der Waals surface area contributed by atoms with Gasteiger partial charge in [0.2, 0.25) is 0 Å². The normalized spacial score (nSPS) is 21.6. The quantitative estimate of drug-likeness (QED) is 0.848. The summed E-state index contributed by atoms with van der Waals surface area (Å²) >= 11 is 3.36. The molecule has 0 aliphatic carbocycles. The van der Waals surface area contributed by atoms with Crippen LogP contribution >= 0.6 is 15.9 Å². The fourth-order valence-corrected chi connectivity index (χ4v) is 2.45. The van der Waals surface area contributed by atoms with Gasteiger partial charge in [-0.25, -0.2) is 4.39 Å². The highest BCUT2D eigenvalue weighted by Crippen LogP contribution is 2.20. The molecular weight excluding hydrogens is 273 g/mol. The van der Waals surface area contributed by atoms with Crippen LogP contribution in [0.15, 0.2) is 22.7 Å². The van der Waals surface area contributed by atoms with Gasteiger partial charge in [0.1, 0.15) is 5.82 Å². The molecule has 1 aromatic carbocycles. The summed E-state index contributed by atoms with van der Waals surface area (Å²) in [4.78, 5) is 2.22. The Morgan fingerprint density at radius 2 is 2.38 bits per heavy atom.